The second kappa shape index (κ2) is 6.43. The largest absolute Gasteiger partial charge is 0.352 e. The third-order valence-corrected chi connectivity index (χ3v) is 2.68. The summed E-state index contributed by atoms with van der Waals surface area (Å²) in [5, 5.41) is 2.95. The summed E-state index contributed by atoms with van der Waals surface area (Å²) in [5.41, 5.74) is 1.13. The van der Waals surface area contributed by atoms with Crippen molar-refractivity contribution in [2.75, 3.05) is 6.54 Å². The predicted molar refractivity (Wildman–Crippen MR) is 72.1 cm³/mol. The molecular formula is C15H23NO. The van der Waals surface area contributed by atoms with Crippen LogP contribution in [0, 0.1) is 5.41 Å². The first-order chi connectivity index (χ1) is 7.99. The fourth-order valence-electron chi connectivity index (χ4n) is 1.67. The highest BCUT2D eigenvalue weighted by Gasteiger charge is 2.09. The molecule has 17 heavy (non-hydrogen) atoms. The molecule has 1 aromatic carbocycles. The molecule has 0 saturated heterocycles. The molecule has 0 aliphatic heterocycles. The smallest absolute Gasteiger partial charge is 0.251 e. The van der Waals surface area contributed by atoms with Crippen molar-refractivity contribution < 1.29 is 4.79 Å². The van der Waals surface area contributed by atoms with Crippen LogP contribution >= 0.6 is 0 Å². The molecule has 0 saturated carbocycles. The molecule has 0 atom stereocenters. The number of unbranched alkanes of at least 4 members (excludes halogenated alkanes) is 1. The summed E-state index contributed by atoms with van der Waals surface area (Å²) in [6, 6.07) is 9.36. The van der Waals surface area contributed by atoms with E-state index in [2.05, 4.69) is 26.1 Å². The van der Waals surface area contributed by atoms with Gasteiger partial charge in [0.15, 0.2) is 0 Å². The van der Waals surface area contributed by atoms with Crippen molar-refractivity contribution in [3.63, 3.8) is 0 Å². The molecule has 0 aliphatic carbocycles. The van der Waals surface area contributed by atoms with Crippen molar-refractivity contribution in [2.45, 2.75) is 40.0 Å². The molecule has 1 amide bonds. The number of hydrogen-bond acceptors (Lipinski definition) is 1. The van der Waals surface area contributed by atoms with E-state index in [1.807, 2.05) is 30.3 Å². The van der Waals surface area contributed by atoms with Crippen molar-refractivity contribution >= 4 is 5.91 Å². The Labute approximate surface area is 104 Å². The fraction of sp³-hybridized carbons (Fsp3) is 0.533. The maximum Gasteiger partial charge on any atom is 0.251 e. The van der Waals surface area contributed by atoms with Gasteiger partial charge < -0.3 is 5.32 Å². The molecule has 1 N–H and O–H groups in total. The van der Waals surface area contributed by atoms with Crippen LogP contribution in [0.25, 0.3) is 0 Å². The number of carbonyl (C=O) groups excluding carboxylic acids is 1. The van der Waals surface area contributed by atoms with Gasteiger partial charge in [0.25, 0.3) is 5.91 Å². The summed E-state index contributed by atoms with van der Waals surface area (Å²) in [6.07, 6.45) is 3.42. The normalized spacial score (nSPS) is 11.2. The first-order valence-electron chi connectivity index (χ1n) is 6.32. The SMILES string of the molecule is CC(C)(C)CCCCNC(=O)c1ccccc1. The fourth-order valence-corrected chi connectivity index (χ4v) is 1.67. The van der Waals surface area contributed by atoms with Crippen LogP contribution in [0.4, 0.5) is 0 Å². The van der Waals surface area contributed by atoms with Crippen LogP contribution in [-0.4, -0.2) is 12.5 Å². The number of hydrogen-bond donors (Lipinski definition) is 1. The molecule has 0 aliphatic rings. The Kier molecular flexibility index (Phi) is 5.20. The highest BCUT2D eigenvalue weighted by molar-refractivity contribution is 5.94. The van der Waals surface area contributed by atoms with Gasteiger partial charge in [0.05, 0.1) is 0 Å². The van der Waals surface area contributed by atoms with Crippen molar-refractivity contribution in [2.24, 2.45) is 5.41 Å². The van der Waals surface area contributed by atoms with Gasteiger partial charge in [-0.2, -0.15) is 0 Å². The van der Waals surface area contributed by atoms with Crippen LogP contribution in [0.5, 0.6) is 0 Å². The summed E-state index contributed by atoms with van der Waals surface area (Å²) >= 11 is 0. The maximum atomic E-state index is 11.7. The van der Waals surface area contributed by atoms with E-state index in [9.17, 15) is 4.79 Å². The monoisotopic (exact) mass is 233 g/mol. The molecule has 0 bridgehead atoms. The molecule has 2 heteroatoms. The van der Waals surface area contributed by atoms with Crippen LogP contribution in [0.2, 0.25) is 0 Å². The van der Waals surface area contributed by atoms with Crippen molar-refractivity contribution in [3.8, 4) is 0 Å². The van der Waals surface area contributed by atoms with Gasteiger partial charge in [-0.25, -0.2) is 0 Å². The van der Waals surface area contributed by atoms with E-state index in [0.29, 0.717) is 5.41 Å². The summed E-state index contributed by atoms with van der Waals surface area (Å²) in [6.45, 7) is 7.50. The Morgan fingerprint density at radius 2 is 1.76 bits per heavy atom. The van der Waals surface area contributed by atoms with Crippen LogP contribution in [0.3, 0.4) is 0 Å². The molecule has 0 fully saturated rings. The highest BCUT2D eigenvalue weighted by Crippen LogP contribution is 2.21. The Balaban J connectivity index is 2.18. The summed E-state index contributed by atoms with van der Waals surface area (Å²) in [4.78, 5) is 11.7. The molecule has 0 radical (unpaired) electrons. The average Bonchev–Trinajstić information content (AvgIpc) is 2.28. The van der Waals surface area contributed by atoms with Crippen molar-refractivity contribution in [1.82, 2.24) is 5.32 Å². The number of carbonyl (C=O) groups is 1. The molecule has 0 heterocycles. The molecule has 94 valence electrons. The van der Waals surface area contributed by atoms with E-state index in [1.165, 1.54) is 12.8 Å². The minimum atomic E-state index is 0.0290. The number of rotatable bonds is 5. The lowest BCUT2D eigenvalue weighted by molar-refractivity contribution is 0.0952. The van der Waals surface area contributed by atoms with Gasteiger partial charge in [-0.3, -0.25) is 4.79 Å². The van der Waals surface area contributed by atoms with Gasteiger partial charge >= 0.3 is 0 Å². The van der Waals surface area contributed by atoms with Gasteiger partial charge in [0.1, 0.15) is 0 Å². The van der Waals surface area contributed by atoms with E-state index < -0.39 is 0 Å². The number of benzene rings is 1. The third-order valence-electron chi connectivity index (χ3n) is 2.68. The van der Waals surface area contributed by atoms with Crippen LogP contribution in [0.15, 0.2) is 30.3 Å². The predicted octanol–water partition coefficient (Wildman–Crippen LogP) is 3.63. The lowest BCUT2D eigenvalue weighted by atomic mass is 9.90. The Bertz CT molecular complexity index is 338. The van der Waals surface area contributed by atoms with E-state index in [-0.39, 0.29) is 5.91 Å². The Hall–Kier alpha value is -1.31. The van der Waals surface area contributed by atoms with E-state index in [1.54, 1.807) is 0 Å². The first kappa shape index (κ1) is 13.8. The quantitative estimate of drug-likeness (QED) is 0.773. The van der Waals surface area contributed by atoms with Gasteiger partial charge in [0, 0.05) is 12.1 Å². The van der Waals surface area contributed by atoms with E-state index in [4.69, 9.17) is 0 Å². The van der Waals surface area contributed by atoms with E-state index >= 15 is 0 Å². The van der Waals surface area contributed by atoms with Crippen molar-refractivity contribution in [1.29, 1.82) is 0 Å². The average molecular weight is 233 g/mol. The summed E-state index contributed by atoms with van der Waals surface area (Å²) in [5.74, 6) is 0.0290. The number of amides is 1. The molecule has 0 unspecified atom stereocenters. The third kappa shape index (κ3) is 6.10. The lowest BCUT2D eigenvalue weighted by Crippen LogP contribution is -2.24. The molecule has 0 aromatic heterocycles. The van der Waals surface area contributed by atoms with Crippen LogP contribution < -0.4 is 5.32 Å². The zero-order valence-corrected chi connectivity index (χ0v) is 11.1. The highest BCUT2D eigenvalue weighted by atomic mass is 16.1. The minimum Gasteiger partial charge on any atom is -0.352 e. The summed E-state index contributed by atoms with van der Waals surface area (Å²) in [7, 11) is 0. The second-order valence-corrected chi connectivity index (χ2v) is 5.64. The van der Waals surface area contributed by atoms with Crippen LogP contribution in [0.1, 0.15) is 50.4 Å². The molecule has 0 spiro atoms. The number of nitrogens with one attached hydrogen (secondary N) is 1. The Morgan fingerprint density at radius 3 is 2.35 bits per heavy atom. The zero-order chi connectivity index (χ0) is 12.7. The molecular weight excluding hydrogens is 210 g/mol. The molecule has 1 rings (SSSR count). The first-order valence-corrected chi connectivity index (χ1v) is 6.32. The summed E-state index contributed by atoms with van der Waals surface area (Å²) < 4.78 is 0. The van der Waals surface area contributed by atoms with Gasteiger partial charge in [0.2, 0.25) is 0 Å². The van der Waals surface area contributed by atoms with Gasteiger partial charge in [-0.1, -0.05) is 45.4 Å². The van der Waals surface area contributed by atoms with Gasteiger partial charge in [-0.15, -0.1) is 0 Å². The lowest BCUT2D eigenvalue weighted by Gasteiger charge is -2.17. The van der Waals surface area contributed by atoms with Crippen LogP contribution in [-0.2, 0) is 0 Å². The standard InChI is InChI=1S/C15H23NO/c1-15(2,3)11-7-8-12-16-14(17)13-9-5-4-6-10-13/h4-6,9-10H,7-8,11-12H2,1-3H3,(H,16,17). The molecule has 1 aromatic rings. The Morgan fingerprint density at radius 1 is 1.12 bits per heavy atom. The topological polar surface area (TPSA) is 29.1 Å². The van der Waals surface area contributed by atoms with Gasteiger partial charge in [-0.05, 0) is 30.4 Å². The zero-order valence-electron chi connectivity index (χ0n) is 11.1. The second-order valence-electron chi connectivity index (χ2n) is 5.64. The van der Waals surface area contributed by atoms with E-state index in [0.717, 1.165) is 18.5 Å². The molecule has 2 nitrogen and oxygen atoms in total. The minimum absolute atomic E-state index is 0.0290. The maximum absolute atomic E-state index is 11.7. The van der Waals surface area contributed by atoms with Crippen molar-refractivity contribution in [3.05, 3.63) is 35.9 Å².